The molecule has 6 nitrogen and oxygen atoms in total. The van der Waals surface area contributed by atoms with E-state index in [4.69, 9.17) is 5.11 Å². The minimum Gasteiger partial charge on any atom is -0.480 e. The number of pyridine rings is 1. The van der Waals surface area contributed by atoms with Crippen molar-refractivity contribution in [3.05, 3.63) is 34.2 Å². The van der Waals surface area contributed by atoms with Crippen molar-refractivity contribution >= 4 is 11.9 Å². The van der Waals surface area contributed by atoms with Gasteiger partial charge in [-0.15, -0.1) is 0 Å². The normalized spacial score (nSPS) is 12.2. The number of rotatable bonds is 4. The maximum absolute atomic E-state index is 11.7. The zero-order valence-electron chi connectivity index (χ0n) is 9.56. The van der Waals surface area contributed by atoms with Crippen LogP contribution in [0.2, 0.25) is 0 Å². The molecule has 0 saturated carbocycles. The Hall–Kier alpha value is -2.11. The van der Waals surface area contributed by atoms with Gasteiger partial charge in [0.15, 0.2) is 0 Å². The molecule has 6 heteroatoms. The van der Waals surface area contributed by atoms with Crippen LogP contribution in [0, 0.1) is 5.92 Å². The van der Waals surface area contributed by atoms with Crippen LogP contribution in [0.1, 0.15) is 24.2 Å². The molecule has 92 valence electrons. The van der Waals surface area contributed by atoms with Gasteiger partial charge in [0.05, 0.1) is 5.56 Å². The van der Waals surface area contributed by atoms with Crippen molar-refractivity contribution < 1.29 is 14.7 Å². The maximum atomic E-state index is 11.7. The minimum atomic E-state index is -1.09. The first kappa shape index (κ1) is 13.0. The van der Waals surface area contributed by atoms with Gasteiger partial charge in [0, 0.05) is 12.3 Å². The molecular formula is C11H14N2O4. The molecule has 1 aromatic heterocycles. The number of aromatic amines is 1. The monoisotopic (exact) mass is 238 g/mol. The average Bonchev–Trinajstić information content (AvgIpc) is 2.25. The van der Waals surface area contributed by atoms with Gasteiger partial charge in [-0.3, -0.25) is 9.59 Å². The predicted molar refractivity (Wildman–Crippen MR) is 60.8 cm³/mol. The van der Waals surface area contributed by atoms with E-state index in [0.717, 1.165) is 0 Å². The van der Waals surface area contributed by atoms with Crippen molar-refractivity contribution in [1.29, 1.82) is 0 Å². The van der Waals surface area contributed by atoms with Gasteiger partial charge in [-0.25, -0.2) is 4.79 Å². The largest absolute Gasteiger partial charge is 0.480 e. The smallest absolute Gasteiger partial charge is 0.326 e. The summed E-state index contributed by atoms with van der Waals surface area (Å²) in [6, 6.07) is 1.60. The number of carbonyl (C=O) groups excluding carboxylic acids is 1. The molecule has 0 aliphatic heterocycles. The highest BCUT2D eigenvalue weighted by Crippen LogP contribution is 2.03. The molecule has 0 aromatic carbocycles. The molecule has 0 bridgehead atoms. The van der Waals surface area contributed by atoms with Gasteiger partial charge in [0.2, 0.25) is 5.56 Å². The van der Waals surface area contributed by atoms with E-state index < -0.39 is 17.9 Å². The molecule has 17 heavy (non-hydrogen) atoms. The fraction of sp³-hybridized carbons (Fsp3) is 0.364. The summed E-state index contributed by atoms with van der Waals surface area (Å²) in [5.41, 5.74) is -0.100. The Balaban J connectivity index is 2.81. The average molecular weight is 238 g/mol. The second-order valence-corrected chi connectivity index (χ2v) is 3.97. The molecule has 1 amide bonds. The zero-order chi connectivity index (χ0) is 13.0. The Morgan fingerprint density at radius 3 is 2.41 bits per heavy atom. The number of hydrogen-bond acceptors (Lipinski definition) is 3. The van der Waals surface area contributed by atoms with Crippen LogP contribution >= 0.6 is 0 Å². The lowest BCUT2D eigenvalue weighted by Crippen LogP contribution is -2.44. The molecule has 0 fully saturated rings. The molecule has 0 aliphatic carbocycles. The molecule has 1 atom stereocenters. The van der Waals surface area contributed by atoms with E-state index in [1.807, 2.05) is 0 Å². The Labute approximate surface area is 97.7 Å². The summed E-state index contributed by atoms with van der Waals surface area (Å²) in [7, 11) is 0. The van der Waals surface area contributed by atoms with Crippen molar-refractivity contribution in [3.8, 4) is 0 Å². The summed E-state index contributed by atoms with van der Waals surface area (Å²) < 4.78 is 0. The number of aliphatic carboxylic acids is 1. The van der Waals surface area contributed by atoms with E-state index in [9.17, 15) is 14.4 Å². The first-order valence-electron chi connectivity index (χ1n) is 5.14. The summed E-state index contributed by atoms with van der Waals surface area (Å²) in [6.07, 6.45) is 1.25. The fourth-order valence-electron chi connectivity index (χ4n) is 1.29. The summed E-state index contributed by atoms with van der Waals surface area (Å²) in [6.45, 7) is 3.40. The van der Waals surface area contributed by atoms with Crippen LogP contribution in [0.5, 0.6) is 0 Å². The van der Waals surface area contributed by atoms with E-state index >= 15 is 0 Å². The Morgan fingerprint density at radius 2 is 2.00 bits per heavy atom. The number of nitrogens with one attached hydrogen (secondary N) is 2. The second kappa shape index (κ2) is 5.29. The number of H-pyrrole nitrogens is 1. The number of hydrogen-bond donors (Lipinski definition) is 3. The predicted octanol–water partition coefficient (Wildman–Crippen LogP) is 0.214. The van der Waals surface area contributed by atoms with Crippen molar-refractivity contribution in [2.75, 3.05) is 0 Å². The van der Waals surface area contributed by atoms with Crippen LogP contribution in [0.15, 0.2) is 23.1 Å². The first-order valence-corrected chi connectivity index (χ1v) is 5.14. The van der Waals surface area contributed by atoms with E-state index in [2.05, 4.69) is 10.3 Å². The van der Waals surface area contributed by atoms with Gasteiger partial charge >= 0.3 is 5.97 Å². The van der Waals surface area contributed by atoms with Crippen LogP contribution in [0.3, 0.4) is 0 Å². The summed E-state index contributed by atoms with van der Waals surface area (Å²) in [5.74, 6) is -1.83. The third kappa shape index (κ3) is 3.44. The summed E-state index contributed by atoms with van der Waals surface area (Å²) in [5, 5.41) is 11.3. The first-order chi connectivity index (χ1) is 7.91. The van der Waals surface area contributed by atoms with Crippen LogP contribution in [-0.4, -0.2) is 28.0 Å². The maximum Gasteiger partial charge on any atom is 0.326 e. The topological polar surface area (TPSA) is 99.3 Å². The van der Waals surface area contributed by atoms with Crippen LogP contribution in [-0.2, 0) is 4.79 Å². The lowest BCUT2D eigenvalue weighted by molar-refractivity contribution is -0.140. The number of carbonyl (C=O) groups is 2. The third-order valence-electron chi connectivity index (χ3n) is 2.27. The van der Waals surface area contributed by atoms with Crippen LogP contribution in [0.25, 0.3) is 0 Å². The SMILES string of the molecule is CC(C)C(NC(=O)c1ccc(=O)[nH]c1)C(=O)O. The Kier molecular flexibility index (Phi) is 4.03. The lowest BCUT2D eigenvalue weighted by Gasteiger charge is -2.17. The summed E-state index contributed by atoms with van der Waals surface area (Å²) >= 11 is 0. The van der Waals surface area contributed by atoms with Crippen molar-refractivity contribution in [3.63, 3.8) is 0 Å². The standard InChI is InChI=1S/C11H14N2O4/c1-6(2)9(11(16)17)13-10(15)7-3-4-8(14)12-5-7/h3-6,9H,1-2H3,(H,12,14)(H,13,15)(H,16,17). The van der Waals surface area contributed by atoms with Gasteiger partial charge < -0.3 is 15.4 Å². The summed E-state index contributed by atoms with van der Waals surface area (Å²) in [4.78, 5) is 35.7. The zero-order valence-corrected chi connectivity index (χ0v) is 9.56. The van der Waals surface area contributed by atoms with E-state index in [1.54, 1.807) is 13.8 Å². The quantitative estimate of drug-likeness (QED) is 0.698. The van der Waals surface area contributed by atoms with E-state index in [-0.39, 0.29) is 17.0 Å². The van der Waals surface area contributed by atoms with Crippen molar-refractivity contribution in [1.82, 2.24) is 10.3 Å². The molecule has 1 aromatic rings. The molecule has 1 heterocycles. The van der Waals surface area contributed by atoms with Crippen molar-refractivity contribution in [2.45, 2.75) is 19.9 Å². The molecule has 0 spiro atoms. The third-order valence-corrected chi connectivity index (χ3v) is 2.27. The minimum absolute atomic E-state index is 0.219. The Bertz CT molecular complexity index is 458. The van der Waals surface area contributed by atoms with Gasteiger partial charge in [-0.2, -0.15) is 0 Å². The second-order valence-electron chi connectivity index (χ2n) is 3.97. The van der Waals surface area contributed by atoms with Gasteiger partial charge in [-0.1, -0.05) is 13.8 Å². The van der Waals surface area contributed by atoms with Crippen molar-refractivity contribution in [2.24, 2.45) is 5.92 Å². The Morgan fingerprint density at radius 1 is 1.35 bits per heavy atom. The highest BCUT2D eigenvalue weighted by atomic mass is 16.4. The number of amides is 1. The van der Waals surface area contributed by atoms with Gasteiger partial charge in [0.1, 0.15) is 6.04 Å². The van der Waals surface area contributed by atoms with E-state index in [1.165, 1.54) is 18.3 Å². The number of carboxylic acids is 1. The highest BCUT2D eigenvalue weighted by Gasteiger charge is 2.23. The van der Waals surface area contributed by atoms with E-state index in [0.29, 0.717) is 0 Å². The van der Waals surface area contributed by atoms with Gasteiger partial charge in [0.25, 0.3) is 5.91 Å². The highest BCUT2D eigenvalue weighted by molar-refractivity contribution is 5.96. The molecule has 1 rings (SSSR count). The number of aromatic nitrogens is 1. The number of carboxylic acid groups (broad SMARTS) is 1. The molecule has 3 N–H and O–H groups in total. The molecule has 0 radical (unpaired) electrons. The molecule has 0 saturated heterocycles. The fourth-order valence-corrected chi connectivity index (χ4v) is 1.29. The lowest BCUT2D eigenvalue weighted by atomic mass is 10.0. The molecular weight excluding hydrogens is 224 g/mol. The van der Waals surface area contributed by atoms with Crippen LogP contribution in [0.4, 0.5) is 0 Å². The molecule has 0 aliphatic rings. The van der Waals surface area contributed by atoms with Crippen LogP contribution < -0.4 is 10.9 Å². The van der Waals surface area contributed by atoms with Gasteiger partial charge in [-0.05, 0) is 12.0 Å². The molecule has 1 unspecified atom stereocenters.